The standard InChI is InChI=1S/C15H9N3O2S/c19-13-9-5-1-2-6-10(9)16-14(20)18(13)15-17-11-7-3-4-8-12(11)21-15/h1-8H,(H,16,20). The molecule has 0 unspecified atom stereocenters. The number of aromatic nitrogens is 3. The second-order valence-corrected chi connectivity index (χ2v) is 5.59. The summed E-state index contributed by atoms with van der Waals surface area (Å²) < 4.78 is 2.03. The zero-order valence-electron chi connectivity index (χ0n) is 10.7. The summed E-state index contributed by atoms with van der Waals surface area (Å²) in [5, 5.41) is 0.851. The third-order valence-electron chi connectivity index (χ3n) is 3.28. The SMILES string of the molecule is O=c1[nH]c2ccccc2c(=O)n1-c1nc2ccccc2s1. The summed E-state index contributed by atoms with van der Waals surface area (Å²) in [6.07, 6.45) is 0. The van der Waals surface area contributed by atoms with Crippen LogP contribution in [0.3, 0.4) is 0 Å². The predicted octanol–water partition coefficient (Wildman–Crippen LogP) is 2.29. The molecule has 0 aliphatic carbocycles. The number of benzene rings is 2. The molecule has 2 heterocycles. The van der Waals surface area contributed by atoms with Crippen molar-refractivity contribution in [2.45, 2.75) is 0 Å². The van der Waals surface area contributed by atoms with E-state index in [4.69, 9.17) is 0 Å². The highest BCUT2D eigenvalue weighted by molar-refractivity contribution is 7.20. The summed E-state index contributed by atoms with van der Waals surface area (Å²) in [5.74, 6) is 0. The minimum atomic E-state index is -0.474. The summed E-state index contributed by atoms with van der Waals surface area (Å²) in [4.78, 5) is 31.8. The maximum atomic E-state index is 12.5. The lowest BCUT2D eigenvalue weighted by atomic mass is 10.2. The van der Waals surface area contributed by atoms with Gasteiger partial charge in [-0.2, -0.15) is 0 Å². The maximum Gasteiger partial charge on any atom is 0.335 e. The molecule has 6 heteroatoms. The zero-order valence-corrected chi connectivity index (χ0v) is 11.6. The van der Waals surface area contributed by atoms with Gasteiger partial charge in [0.2, 0.25) is 5.13 Å². The van der Waals surface area contributed by atoms with Crippen molar-refractivity contribution in [2.75, 3.05) is 0 Å². The van der Waals surface area contributed by atoms with E-state index in [9.17, 15) is 9.59 Å². The lowest BCUT2D eigenvalue weighted by molar-refractivity contribution is 0.894. The normalized spacial score (nSPS) is 11.2. The number of nitrogens with one attached hydrogen (secondary N) is 1. The van der Waals surface area contributed by atoms with Gasteiger partial charge in [0.1, 0.15) is 0 Å². The highest BCUT2D eigenvalue weighted by Gasteiger charge is 2.12. The first kappa shape index (κ1) is 12.0. The summed E-state index contributed by atoms with van der Waals surface area (Å²) in [5.41, 5.74) is 0.480. The van der Waals surface area contributed by atoms with Crippen molar-refractivity contribution in [2.24, 2.45) is 0 Å². The molecule has 0 amide bonds. The molecule has 2 aromatic carbocycles. The largest absolute Gasteiger partial charge is 0.335 e. The van der Waals surface area contributed by atoms with Crippen LogP contribution in [0.1, 0.15) is 0 Å². The van der Waals surface area contributed by atoms with Crippen molar-refractivity contribution in [1.82, 2.24) is 14.5 Å². The summed E-state index contributed by atoms with van der Waals surface area (Å²) in [6, 6.07) is 14.5. The number of hydrogen-bond donors (Lipinski definition) is 1. The van der Waals surface area contributed by atoms with Crippen molar-refractivity contribution in [3.63, 3.8) is 0 Å². The molecule has 102 valence electrons. The molecule has 0 bridgehead atoms. The Bertz CT molecular complexity index is 1060. The van der Waals surface area contributed by atoms with Gasteiger partial charge in [0.25, 0.3) is 5.56 Å². The molecule has 0 fully saturated rings. The number of H-pyrrole nitrogens is 1. The van der Waals surface area contributed by atoms with Crippen molar-refractivity contribution in [3.8, 4) is 5.13 Å². The minimum absolute atomic E-state index is 0.353. The highest BCUT2D eigenvalue weighted by atomic mass is 32.1. The molecule has 1 N–H and O–H groups in total. The van der Waals surface area contributed by atoms with E-state index in [1.807, 2.05) is 24.3 Å². The number of aromatic amines is 1. The van der Waals surface area contributed by atoms with Crippen LogP contribution in [0.25, 0.3) is 26.3 Å². The Hall–Kier alpha value is -2.73. The summed E-state index contributed by atoms with van der Waals surface area (Å²) in [6.45, 7) is 0. The topological polar surface area (TPSA) is 67.8 Å². The second kappa shape index (κ2) is 4.39. The molecule has 0 radical (unpaired) electrons. The van der Waals surface area contributed by atoms with E-state index in [0.29, 0.717) is 16.0 Å². The number of rotatable bonds is 1. The molecule has 0 aliphatic heterocycles. The van der Waals surface area contributed by atoms with E-state index in [-0.39, 0.29) is 5.56 Å². The van der Waals surface area contributed by atoms with Gasteiger partial charge in [-0.3, -0.25) is 4.79 Å². The van der Waals surface area contributed by atoms with Crippen molar-refractivity contribution in [3.05, 3.63) is 69.4 Å². The first-order chi connectivity index (χ1) is 10.2. The van der Waals surface area contributed by atoms with Gasteiger partial charge in [0.15, 0.2) is 0 Å². The Morgan fingerprint density at radius 1 is 1.00 bits per heavy atom. The van der Waals surface area contributed by atoms with Gasteiger partial charge in [-0.15, -0.1) is 0 Å². The molecule has 4 aromatic rings. The molecular weight excluding hydrogens is 286 g/mol. The molecule has 0 saturated heterocycles. The molecule has 0 saturated carbocycles. The number of para-hydroxylation sites is 2. The fraction of sp³-hybridized carbons (Fsp3) is 0. The van der Waals surface area contributed by atoms with Gasteiger partial charge in [-0.25, -0.2) is 14.3 Å². The average Bonchev–Trinajstić information content (AvgIpc) is 2.90. The summed E-state index contributed by atoms with van der Waals surface area (Å²) in [7, 11) is 0. The number of fused-ring (bicyclic) bond motifs is 2. The van der Waals surface area contributed by atoms with Crippen LogP contribution in [0.4, 0.5) is 0 Å². The van der Waals surface area contributed by atoms with E-state index in [2.05, 4.69) is 9.97 Å². The second-order valence-electron chi connectivity index (χ2n) is 4.58. The van der Waals surface area contributed by atoms with Crippen LogP contribution in [0.15, 0.2) is 58.1 Å². The first-order valence-electron chi connectivity index (χ1n) is 6.34. The van der Waals surface area contributed by atoms with Crippen LogP contribution in [0.5, 0.6) is 0 Å². The van der Waals surface area contributed by atoms with E-state index in [0.717, 1.165) is 14.8 Å². The Morgan fingerprint density at radius 3 is 2.62 bits per heavy atom. The molecule has 21 heavy (non-hydrogen) atoms. The minimum Gasteiger partial charge on any atom is -0.306 e. The molecule has 4 rings (SSSR count). The van der Waals surface area contributed by atoms with Crippen LogP contribution in [-0.4, -0.2) is 14.5 Å². The van der Waals surface area contributed by atoms with E-state index >= 15 is 0 Å². The first-order valence-corrected chi connectivity index (χ1v) is 7.16. The van der Waals surface area contributed by atoms with Crippen molar-refractivity contribution >= 4 is 32.5 Å². The molecule has 0 aliphatic rings. The lowest BCUT2D eigenvalue weighted by Crippen LogP contribution is -2.33. The van der Waals surface area contributed by atoms with Gasteiger partial charge in [-0.05, 0) is 24.3 Å². The quantitative estimate of drug-likeness (QED) is 0.586. The third-order valence-corrected chi connectivity index (χ3v) is 4.30. The van der Waals surface area contributed by atoms with Crippen LogP contribution in [0.2, 0.25) is 0 Å². The van der Waals surface area contributed by atoms with Gasteiger partial charge in [-0.1, -0.05) is 35.6 Å². The van der Waals surface area contributed by atoms with E-state index in [1.165, 1.54) is 11.3 Å². The lowest BCUT2D eigenvalue weighted by Gasteiger charge is -2.02. The zero-order chi connectivity index (χ0) is 14.4. The number of hydrogen-bond acceptors (Lipinski definition) is 4. The fourth-order valence-corrected chi connectivity index (χ4v) is 3.25. The van der Waals surface area contributed by atoms with Gasteiger partial charge in [0, 0.05) is 0 Å². The molecular formula is C15H9N3O2S. The van der Waals surface area contributed by atoms with Gasteiger partial charge >= 0.3 is 5.69 Å². The van der Waals surface area contributed by atoms with E-state index < -0.39 is 5.69 Å². The van der Waals surface area contributed by atoms with Gasteiger partial charge < -0.3 is 4.98 Å². The molecule has 0 spiro atoms. The molecule has 2 aromatic heterocycles. The van der Waals surface area contributed by atoms with Crippen molar-refractivity contribution in [1.29, 1.82) is 0 Å². The molecule has 5 nitrogen and oxygen atoms in total. The fourth-order valence-electron chi connectivity index (χ4n) is 2.29. The average molecular weight is 295 g/mol. The van der Waals surface area contributed by atoms with Crippen LogP contribution in [-0.2, 0) is 0 Å². The highest BCUT2D eigenvalue weighted by Crippen LogP contribution is 2.23. The predicted molar refractivity (Wildman–Crippen MR) is 83.3 cm³/mol. The Labute approximate surface area is 122 Å². The maximum absolute atomic E-state index is 12.5. The van der Waals surface area contributed by atoms with Crippen LogP contribution < -0.4 is 11.2 Å². The Balaban J connectivity index is 2.10. The molecule has 0 atom stereocenters. The number of thiazole rings is 1. The van der Waals surface area contributed by atoms with E-state index in [1.54, 1.807) is 24.3 Å². The van der Waals surface area contributed by atoms with Crippen LogP contribution >= 0.6 is 11.3 Å². The van der Waals surface area contributed by atoms with Crippen molar-refractivity contribution < 1.29 is 0 Å². The third kappa shape index (κ3) is 1.80. The smallest absolute Gasteiger partial charge is 0.306 e. The van der Waals surface area contributed by atoms with Gasteiger partial charge in [0.05, 0.1) is 21.1 Å². The Kier molecular flexibility index (Phi) is 2.52. The Morgan fingerprint density at radius 2 is 1.76 bits per heavy atom. The monoisotopic (exact) mass is 295 g/mol. The number of nitrogens with zero attached hydrogens (tertiary/aromatic N) is 2. The summed E-state index contributed by atoms with van der Waals surface area (Å²) >= 11 is 1.32. The van der Waals surface area contributed by atoms with Crippen LogP contribution in [0, 0.1) is 0 Å².